The molecule has 206 valence electrons. The van der Waals surface area contributed by atoms with Gasteiger partial charge in [-0.25, -0.2) is 0 Å². The number of hydrogen-bond acceptors (Lipinski definition) is 3. The molecule has 0 amide bonds. The van der Waals surface area contributed by atoms with E-state index < -0.39 is 0 Å². The van der Waals surface area contributed by atoms with E-state index in [-0.39, 0.29) is 0 Å². The van der Waals surface area contributed by atoms with Crippen molar-refractivity contribution in [2.45, 2.75) is 0 Å². The number of rotatable bonds is 4. The smallest absolute Gasteiger partial charge is 0.0433 e. The maximum absolute atomic E-state index is 4.70. The Balaban J connectivity index is 1.11. The summed E-state index contributed by atoms with van der Waals surface area (Å²) >= 11 is 3.75. The fraction of sp³-hybridized carbons (Fsp3) is 0. The summed E-state index contributed by atoms with van der Waals surface area (Å²) in [5.74, 6) is 0. The second-order valence-electron chi connectivity index (χ2n) is 11.2. The van der Waals surface area contributed by atoms with Gasteiger partial charge >= 0.3 is 0 Å². The SMILES string of the molecule is c1cc(-c2cncc(-c3cccc(-c4cccc5c4sc4ccccc45)c3)c2)cc(-c2cccc3c2sc2ccccc23)c1. The van der Waals surface area contributed by atoms with Crippen LogP contribution in [-0.4, -0.2) is 4.98 Å². The fourth-order valence-electron chi connectivity index (χ4n) is 6.44. The number of benzene rings is 6. The van der Waals surface area contributed by atoms with Crippen LogP contribution >= 0.6 is 22.7 Å². The van der Waals surface area contributed by atoms with Gasteiger partial charge in [-0.05, 0) is 63.7 Å². The van der Waals surface area contributed by atoms with Crippen molar-refractivity contribution in [3.63, 3.8) is 0 Å². The largest absolute Gasteiger partial charge is 0.263 e. The molecule has 0 aliphatic heterocycles. The predicted molar refractivity (Wildman–Crippen MR) is 192 cm³/mol. The highest BCUT2D eigenvalue weighted by molar-refractivity contribution is 7.26. The quantitative estimate of drug-likeness (QED) is 0.197. The van der Waals surface area contributed by atoms with Crippen LogP contribution in [-0.2, 0) is 0 Å². The van der Waals surface area contributed by atoms with Gasteiger partial charge in [0.15, 0.2) is 0 Å². The number of pyridine rings is 1. The van der Waals surface area contributed by atoms with Crippen molar-refractivity contribution >= 4 is 63.0 Å². The molecule has 44 heavy (non-hydrogen) atoms. The van der Waals surface area contributed by atoms with E-state index in [9.17, 15) is 0 Å². The number of nitrogens with zero attached hydrogens (tertiary/aromatic N) is 1. The molecule has 0 radical (unpaired) electrons. The molecule has 0 saturated carbocycles. The average Bonchev–Trinajstić information content (AvgIpc) is 3.67. The summed E-state index contributed by atoms with van der Waals surface area (Å²) in [4.78, 5) is 4.70. The van der Waals surface area contributed by atoms with Crippen LogP contribution in [0.5, 0.6) is 0 Å². The molecule has 9 rings (SSSR count). The standard InChI is InChI=1S/C41H25NS2/c1-3-19-38-34(13-1)36-17-7-15-32(40(36)43-38)28-11-5-9-26(21-28)30-23-31(25-42-24-30)27-10-6-12-29(22-27)33-16-8-18-37-35-14-2-4-20-39(35)44-41(33)37/h1-25H. The van der Waals surface area contributed by atoms with Gasteiger partial charge in [-0.15, -0.1) is 22.7 Å². The summed E-state index contributed by atoms with van der Waals surface area (Å²) in [7, 11) is 0. The van der Waals surface area contributed by atoms with Crippen LogP contribution in [0.25, 0.3) is 84.9 Å². The van der Waals surface area contributed by atoms with E-state index in [1.807, 2.05) is 35.1 Å². The first-order chi connectivity index (χ1) is 21.8. The molecule has 0 aliphatic carbocycles. The van der Waals surface area contributed by atoms with Crippen molar-refractivity contribution in [1.29, 1.82) is 0 Å². The zero-order valence-electron chi connectivity index (χ0n) is 23.7. The van der Waals surface area contributed by atoms with Crippen LogP contribution in [0.15, 0.2) is 152 Å². The fourth-order valence-corrected chi connectivity index (χ4v) is 8.91. The molecule has 0 atom stereocenters. The van der Waals surface area contributed by atoms with Gasteiger partial charge in [0.2, 0.25) is 0 Å². The molecule has 3 heterocycles. The summed E-state index contributed by atoms with van der Waals surface area (Å²) in [6.45, 7) is 0. The third-order valence-electron chi connectivity index (χ3n) is 8.56. The van der Waals surface area contributed by atoms with Crippen molar-refractivity contribution in [2.24, 2.45) is 0 Å². The molecule has 9 aromatic rings. The van der Waals surface area contributed by atoms with Crippen LogP contribution in [0.1, 0.15) is 0 Å². The van der Waals surface area contributed by atoms with Crippen LogP contribution in [0.4, 0.5) is 0 Å². The Bertz CT molecular complexity index is 2340. The zero-order valence-corrected chi connectivity index (χ0v) is 25.3. The Labute approximate surface area is 263 Å². The lowest BCUT2D eigenvalue weighted by atomic mass is 9.96. The van der Waals surface area contributed by atoms with Gasteiger partial charge in [-0.3, -0.25) is 4.98 Å². The number of hydrogen-bond donors (Lipinski definition) is 0. The van der Waals surface area contributed by atoms with E-state index in [4.69, 9.17) is 4.98 Å². The van der Waals surface area contributed by atoms with Gasteiger partial charge in [0.1, 0.15) is 0 Å². The monoisotopic (exact) mass is 595 g/mol. The lowest BCUT2D eigenvalue weighted by Crippen LogP contribution is -1.87. The third-order valence-corrected chi connectivity index (χ3v) is 11.0. The van der Waals surface area contributed by atoms with Crippen LogP contribution < -0.4 is 0 Å². The van der Waals surface area contributed by atoms with Crippen molar-refractivity contribution in [3.05, 3.63) is 152 Å². The van der Waals surface area contributed by atoms with Crippen LogP contribution in [0.2, 0.25) is 0 Å². The normalized spacial score (nSPS) is 11.6. The first-order valence-corrected chi connectivity index (χ1v) is 16.4. The van der Waals surface area contributed by atoms with E-state index in [2.05, 4.69) is 140 Å². The van der Waals surface area contributed by atoms with Crippen molar-refractivity contribution < 1.29 is 0 Å². The van der Waals surface area contributed by atoms with Crippen molar-refractivity contribution in [3.8, 4) is 44.5 Å². The molecular weight excluding hydrogens is 571 g/mol. The molecule has 0 bridgehead atoms. The van der Waals surface area contributed by atoms with Crippen LogP contribution in [0, 0.1) is 0 Å². The highest BCUT2D eigenvalue weighted by Gasteiger charge is 2.13. The van der Waals surface area contributed by atoms with Gasteiger partial charge in [0.05, 0.1) is 0 Å². The predicted octanol–water partition coefficient (Wildman–Crippen LogP) is 12.5. The summed E-state index contributed by atoms with van der Waals surface area (Å²) in [6, 6.07) is 50.7. The summed E-state index contributed by atoms with van der Waals surface area (Å²) in [5.41, 5.74) is 9.57. The minimum atomic E-state index is 1.12. The molecule has 0 unspecified atom stereocenters. The van der Waals surface area contributed by atoms with Crippen LogP contribution in [0.3, 0.4) is 0 Å². The molecule has 3 heteroatoms. The van der Waals surface area contributed by atoms with Crippen molar-refractivity contribution in [1.82, 2.24) is 4.98 Å². The Morgan fingerprint density at radius 2 is 0.750 bits per heavy atom. The van der Waals surface area contributed by atoms with Gasteiger partial charge in [0.25, 0.3) is 0 Å². The lowest BCUT2D eigenvalue weighted by Gasteiger charge is -2.10. The highest BCUT2D eigenvalue weighted by Crippen LogP contribution is 2.42. The maximum Gasteiger partial charge on any atom is 0.0433 e. The second kappa shape index (κ2) is 10.3. The molecule has 0 spiro atoms. The van der Waals surface area contributed by atoms with Gasteiger partial charge in [0, 0.05) is 63.9 Å². The van der Waals surface area contributed by atoms with E-state index in [1.165, 1.54) is 73.7 Å². The van der Waals surface area contributed by atoms with E-state index in [0.717, 1.165) is 11.1 Å². The summed E-state index contributed by atoms with van der Waals surface area (Å²) < 4.78 is 5.33. The molecule has 1 nitrogen and oxygen atoms in total. The number of aromatic nitrogens is 1. The van der Waals surface area contributed by atoms with Gasteiger partial charge < -0.3 is 0 Å². The topological polar surface area (TPSA) is 12.9 Å². The summed E-state index contributed by atoms with van der Waals surface area (Å²) in [5, 5.41) is 5.30. The van der Waals surface area contributed by atoms with E-state index in [0.29, 0.717) is 0 Å². The number of thiophene rings is 2. The third kappa shape index (κ3) is 4.16. The number of fused-ring (bicyclic) bond motifs is 6. The summed E-state index contributed by atoms with van der Waals surface area (Å²) in [6.07, 6.45) is 3.95. The Morgan fingerprint density at radius 3 is 1.27 bits per heavy atom. The zero-order chi connectivity index (χ0) is 29.0. The molecule has 6 aromatic carbocycles. The Morgan fingerprint density at radius 1 is 0.341 bits per heavy atom. The molecule has 0 aliphatic rings. The lowest BCUT2D eigenvalue weighted by molar-refractivity contribution is 1.33. The second-order valence-corrected chi connectivity index (χ2v) is 13.3. The first kappa shape index (κ1) is 25.4. The molecule has 0 fully saturated rings. The minimum absolute atomic E-state index is 1.12. The Hall–Kier alpha value is -5.09. The maximum atomic E-state index is 4.70. The van der Waals surface area contributed by atoms with E-state index in [1.54, 1.807) is 0 Å². The van der Waals surface area contributed by atoms with E-state index >= 15 is 0 Å². The first-order valence-electron chi connectivity index (χ1n) is 14.8. The highest BCUT2D eigenvalue weighted by atomic mass is 32.1. The van der Waals surface area contributed by atoms with Crippen molar-refractivity contribution in [2.75, 3.05) is 0 Å². The van der Waals surface area contributed by atoms with Gasteiger partial charge in [-0.2, -0.15) is 0 Å². The molecule has 3 aromatic heterocycles. The average molecular weight is 596 g/mol. The van der Waals surface area contributed by atoms with Gasteiger partial charge in [-0.1, -0.05) is 109 Å². The Kier molecular flexibility index (Phi) is 5.93. The molecule has 0 N–H and O–H groups in total. The minimum Gasteiger partial charge on any atom is -0.263 e. The molecule has 0 saturated heterocycles. The molecular formula is C41H25NS2.